The molecule has 1 fully saturated rings. The molecule has 0 aromatic carbocycles. The van der Waals surface area contributed by atoms with E-state index in [9.17, 15) is 14.4 Å². The molecule has 0 spiro atoms. The summed E-state index contributed by atoms with van der Waals surface area (Å²) in [6.45, 7) is 8.73. The highest BCUT2D eigenvalue weighted by atomic mass is 16.2. The first kappa shape index (κ1) is 16.6. The van der Waals surface area contributed by atoms with Gasteiger partial charge in [-0.15, -0.1) is 0 Å². The number of hydrogen-bond donors (Lipinski definition) is 1. The van der Waals surface area contributed by atoms with Crippen molar-refractivity contribution >= 4 is 17.5 Å². The van der Waals surface area contributed by atoms with Gasteiger partial charge < -0.3 is 5.32 Å². The van der Waals surface area contributed by atoms with E-state index in [-0.39, 0.29) is 35.7 Å². The molecule has 0 atom stereocenters. The average molecular weight is 279 g/mol. The van der Waals surface area contributed by atoms with E-state index in [1.807, 2.05) is 6.92 Å². The fourth-order valence-corrected chi connectivity index (χ4v) is 2.11. The van der Waals surface area contributed by atoms with Crippen LogP contribution < -0.4 is 5.32 Å². The van der Waals surface area contributed by atoms with Gasteiger partial charge in [0, 0.05) is 19.4 Å². The Morgan fingerprint density at radius 1 is 1.25 bits per heavy atom. The number of ketones is 2. The summed E-state index contributed by atoms with van der Waals surface area (Å²) in [7, 11) is 0. The van der Waals surface area contributed by atoms with Crippen LogP contribution in [0, 0.1) is 11.3 Å². The molecule has 0 heterocycles. The lowest BCUT2D eigenvalue weighted by Crippen LogP contribution is -2.38. The van der Waals surface area contributed by atoms with E-state index in [1.165, 1.54) is 0 Å². The monoisotopic (exact) mass is 279 g/mol. The van der Waals surface area contributed by atoms with Crippen molar-refractivity contribution in [3.8, 4) is 0 Å². The molecule has 4 heteroatoms. The zero-order valence-electron chi connectivity index (χ0n) is 12.9. The summed E-state index contributed by atoms with van der Waals surface area (Å²) in [6, 6.07) is 0. The minimum absolute atomic E-state index is 0.0446. The van der Waals surface area contributed by atoms with E-state index >= 15 is 0 Å². The molecule has 1 saturated carbocycles. The fraction of sp³-hybridized carbons (Fsp3) is 0.688. The van der Waals surface area contributed by atoms with Crippen molar-refractivity contribution in [3.63, 3.8) is 0 Å². The number of allylic oxidation sites excluding steroid dienone is 2. The molecule has 0 aromatic rings. The van der Waals surface area contributed by atoms with Crippen LogP contribution in [-0.2, 0) is 14.4 Å². The summed E-state index contributed by atoms with van der Waals surface area (Å²) in [4.78, 5) is 35.9. The first-order valence-electron chi connectivity index (χ1n) is 7.29. The molecule has 0 saturated heterocycles. The van der Waals surface area contributed by atoms with Crippen LogP contribution in [0.5, 0.6) is 0 Å². The Hall–Kier alpha value is -1.45. The number of Topliss-reactive ketones (excluding diaryl/α,β-unsaturated/α-hetero) is 2. The second-order valence-corrected chi connectivity index (χ2v) is 6.63. The quantitative estimate of drug-likeness (QED) is 0.635. The maximum absolute atomic E-state index is 12.0. The Kier molecular flexibility index (Phi) is 5.66. The second kappa shape index (κ2) is 6.82. The Morgan fingerprint density at radius 2 is 1.80 bits per heavy atom. The van der Waals surface area contributed by atoms with Crippen LogP contribution in [0.25, 0.3) is 0 Å². The summed E-state index contributed by atoms with van der Waals surface area (Å²) in [6.07, 6.45) is 3.57. The van der Waals surface area contributed by atoms with Gasteiger partial charge in [0.1, 0.15) is 0 Å². The van der Waals surface area contributed by atoms with Gasteiger partial charge in [-0.05, 0) is 18.3 Å². The fourth-order valence-electron chi connectivity index (χ4n) is 2.11. The molecule has 1 rings (SSSR count). The molecule has 1 aliphatic rings. The lowest BCUT2D eigenvalue weighted by Gasteiger charge is -2.22. The van der Waals surface area contributed by atoms with Gasteiger partial charge in [-0.3, -0.25) is 14.4 Å². The van der Waals surface area contributed by atoms with Gasteiger partial charge >= 0.3 is 0 Å². The summed E-state index contributed by atoms with van der Waals surface area (Å²) < 4.78 is 0. The van der Waals surface area contributed by atoms with Crippen LogP contribution in [0.1, 0.15) is 53.4 Å². The van der Waals surface area contributed by atoms with E-state index < -0.39 is 5.92 Å². The van der Waals surface area contributed by atoms with Crippen LogP contribution in [-0.4, -0.2) is 24.0 Å². The number of rotatable bonds is 4. The zero-order chi connectivity index (χ0) is 15.3. The number of carbonyl (C=O) groups excluding carboxylic acids is 3. The van der Waals surface area contributed by atoms with Crippen molar-refractivity contribution in [2.75, 3.05) is 6.54 Å². The molecule has 112 valence electrons. The molecule has 0 radical (unpaired) electrons. The molecular weight excluding hydrogens is 254 g/mol. The number of carbonyl (C=O) groups is 3. The Labute approximate surface area is 121 Å². The van der Waals surface area contributed by atoms with Crippen LogP contribution in [0.3, 0.4) is 0 Å². The largest absolute Gasteiger partial charge is 0.356 e. The Morgan fingerprint density at radius 3 is 2.25 bits per heavy atom. The first-order chi connectivity index (χ1) is 9.24. The first-order valence-corrected chi connectivity index (χ1v) is 7.29. The number of amides is 1. The molecule has 4 nitrogen and oxygen atoms in total. The van der Waals surface area contributed by atoms with Crippen molar-refractivity contribution in [2.45, 2.75) is 53.4 Å². The van der Waals surface area contributed by atoms with Crippen LogP contribution in [0.15, 0.2) is 11.6 Å². The Balaban J connectivity index is 2.70. The molecule has 1 N–H and O–H groups in total. The van der Waals surface area contributed by atoms with E-state index in [2.05, 4.69) is 26.1 Å². The van der Waals surface area contributed by atoms with Gasteiger partial charge in [-0.1, -0.05) is 33.8 Å². The van der Waals surface area contributed by atoms with E-state index in [0.29, 0.717) is 18.5 Å². The lowest BCUT2D eigenvalue weighted by molar-refractivity contribution is -0.134. The molecule has 0 aromatic heterocycles. The molecule has 20 heavy (non-hydrogen) atoms. The third-order valence-electron chi connectivity index (χ3n) is 3.30. The second-order valence-electron chi connectivity index (χ2n) is 6.63. The van der Waals surface area contributed by atoms with Gasteiger partial charge in [0.25, 0.3) is 0 Å². The number of nitrogens with one attached hydrogen (secondary N) is 1. The highest BCUT2D eigenvalue weighted by Crippen LogP contribution is 2.26. The summed E-state index contributed by atoms with van der Waals surface area (Å²) >= 11 is 0. The smallest absolute Gasteiger partial charge is 0.224 e. The zero-order valence-corrected chi connectivity index (χ0v) is 12.9. The van der Waals surface area contributed by atoms with E-state index in [1.54, 1.807) is 6.08 Å². The minimum Gasteiger partial charge on any atom is -0.356 e. The lowest BCUT2D eigenvalue weighted by atomic mass is 9.81. The van der Waals surface area contributed by atoms with Crippen LogP contribution in [0.4, 0.5) is 0 Å². The van der Waals surface area contributed by atoms with Crippen molar-refractivity contribution in [3.05, 3.63) is 11.6 Å². The highest BCUT2D eigenvalue weighted by Gasteiger charge is 2.34. The topological polar surface area (TPSA) is 63.2 Å². The standard InChI is InChI=1S/C16H25NO3/c1-5-8-17-15(20)11-9-13(18)12(14(19)10-11)6-7-16(2,3)4/h6,11H,5,7-10H2,1-4H3,(H,17,20). The average Bonchev–Trinajstić information content (AvgIpc) is 2.33. The van der Waals surface area contributed by atoms with Crippen molar-refractivity contribution in [2.24, 2.45) is 11.3 Å². The molecular formula is C16H25NO3. The molecule has 1 amide bonds. The van der Waals surface area contributed by atoms with Gasteiger partial charge in [0.2, 0.25) is 5.91 Å². The van der Waals surface area contributed by atoms with Gasteiger partial charge in [0.05, 0.1) is 11.5 Å². The van der Waals surface area contributed by atoms with E-state index in [0.717, 1.165) is 6.42 Å². The predicted molar refractivity (Wildman–Crippen MR) is 78.2 cm³/mol. The van der Waals surface area contributed by atoms with Gasteiger partial charge in [0.15, 0.2) is 11.6 Å². The summed E-state index contributed by atoms with van der Waals surface area (Å²) in [5.41, 5.74) is 0.336. The third-order valence-corrected chi connectivity index (χ3v) is 3.30. The molecule has 0 aliphatic heterocycles. The maximum Gasteiger partial charge on any atom is 0.224 e. The highest BCUT2D eigenvalue weighted by molar-refractivity contribution is 6.23. The summed E-state index contributed by atoms with van der Waals surface area (Å²) in [5, 5.41) is 2.75. The normalized spacial score (nSPS) is 20.0. The predicted octanol–water partition coefficient (Wildman–Crippen LogP) is 2.42. The minimum atomic E-state index is -0.492. The molecule has 0 bridgehead atoms. The van der Waals surface area contributed by atoms with Gasteiger partial charge in [-0.25, -0.2) is 0 Å². The maximum atomic E-state index is 12.0. The molecule has 1 aliphatic carbocycles. The van der Waals surface area contributed by atoms with Crippen molar-refractivity contribution < 1.29 is 14.4 Å². The van der Waals surface area contributed by atoms with Crippen molar-refractivity contribution in [1.29, 1.82) is 0 Å². The van der Waals surface area contributed by atoms with E-state index in [4.69, 9.17) is 0 Å². The van der Waals surface area contributed by atoms with Crippen molar-refractivity contribution in [1.82, 2.24) is 5.32 Å². The summed E-state index contributed by atoms with van der Waals surface area (Å²) in [5.74, 6) is -1.05. The van der Waals surface area contributed by atoms with Crippen LogP contribution >= 0.6 is 0 Å². The van der Waals surface area contributed by atoms with Crippen LogP contribution in [0.2, 0.25) is 0 Å². The van der Waals surface area contributed by atoms with Gasteiger partial charge in [-0.2, -0.15) is 0 Å². The SMILES string of the molecule is CCCNC(=O)C1CC(=O)C(=CCC(C)(C)C)C(=O)C1. The third kappa shape index (κ3) is 4.91. The number of hydrogen-bond acceptors (Lipinski definition) is 3. The Bertz CT molecular complexity index is 409. The molecule has 0 unspecified atom stereocenters.